The van der Waals surface area contributed by atoms with Gasteiger partial charge < -0.3 is 9.34 Å². The van der Waals surface area contributed by atoms with Gasteiger partial charge in [0.05, 0.1) is 5.69 Å². The van der Waals surface area contributed by atoms with Gasteiger partial charge in [0.15, 0.2) is 7.58 Å². The molecule has 5 rings (SSSR count). The van der Waals surface area contributed by atoms with E-state index < -0.39 is 15.5 Å². The van der Waals surface area contributed by atoms with Crippen LogP contribution in [0.1, 0.15) is 16.7 Å². The van der Waals surface area contributed by atoms with Crippen molar-refractivity contribution in [2.24, 2.45) is 0 Å². The summed E-state index contributed by atoms with van der Waals surface area (Å²) in [6.45, 7) is 8.43. The molecule has 0 N–H and O–H groups in total. The highest BCUT2D eigenvalue weighted by Gasteiger charge is 2.35. The van der Waals surface area contributed by atoms with Crippen LogP contribution < -0.4 is 25.3 Å². The molecular weight excluding hydrogens is 474 g/mol. The van der Waals surface area contributed by atoms with Crippen LogP contribution in [0.4, 0.5) is 11.4 Å². The third-order valence-corrected chi connectivity index (χ3v) is 11.4. The molecule has 0 bridgehead atoms. The highest BCUT2D eigenvalue weighted by Crippen LogP contribution is 2.58. The van der Waals surface area contributed by atoms with Gasteiger partial charge in [-0.15, -0.1) is 0 Å². The van der Waals surface area contributed by atoms with Crippen molar-refractivity contribution in [2.75, 3.05) is 22.4 Å². The molecular formula is C29H29ClN2P2. The van der Waals surface area contributed by atoms with Crippen LogP contribution in [0.15, 0.2) is 97.1 Å². The van der Waals surface area contributed by atoms with E-state index in [0.717, 1.165) is 13.1 Å². The zero-order valence-electron chi connectivity index (χ0n) is 19.8. The van der Waals surface area contributed by atoms with Crippen LogP contribution in [0.25, 0.3) is 0 Å². The smallest absolute Gasteiger partial charge is 0.197 e. The molecule has 0 spiro atoms. The minimum Gasteiger partial charge on any atom is -0.319 e. The Labute approximate surface area is 210 Å². The first kappa shape index (κ1) is 23.4. The molecule has 5 heteroatoms. The van der Waals surface area contributed by atoms with Crippen LogP contribution in [0.5, 0.6) is 0 Å². The van der Waals surface area contributed by atoms with E-state index >= 15 is 0 Å². The van der Waals surface area contributed by atoms with Crippen molar-refractivity contribution in [1.82, 2.24) is 0 Å². The standard InChI is InChI=1S/C29H29ClN2P2/c1-22-20-23(2)29(24(3)21-22)32-19-18-31(34(32)30)27-16-10-11-17-28(27)33(25-12-6-4-7-13-25)26-14-8-5-9-15-26/h4-17,20-21H,18-19H2,1-3H3. The fourth-order valence-electron chi connectivity index (χ4n) is 4.92. The SMILES string of the molecule is Cc1cc(C)c(N2CCN(c3ccccc3P(c3ccccc3)c3ccccc3)P2Cl)c(C)c1. The molecule has 1 aliphatic rings. The second kappa shape index (κ2) is 10.1. The maximum absolute atomic E-state index is 7.29. The Kier molecular flexibility index (Phi) is 6.94. The number of aryl methyl sites for hydroxylation is 3. The number of hydrogen-bond acceptors (Lipinski definition) is 2. The van der Waals surface area contributed by atoms with Gasteiger partial charge >= 0.3 is 0 Å². The Balaban J connectivity index is 1.57. The number of para-hydroxylation sites is 1. The molecule has 1 heterocycles. The molecule has 0 aromatic heterocycles. The lowest BCUT2D eigenvalue weighted by Crippen LogP contribution is -2.26. The number of anilines is 2. The van der Waals surface area contributed by atoms with Gasteiger partial charge in [-0.05, 0) is 67.7 Å². The maximum atomic E-state index is 7.29. The molecule has 1 atom stereocenters. The van der Waals surface area contributed by atoms with Gasteiger partial charge in [0.2, 0.25) is 0 Å². The van der Waals surface area contributed by atoms with Crippen molar-refractivity contribution in [3.05, 3.63) is 114 Å². The molecule has 1 aliphatic heterocycles. The number of benzene rings is 4. The van der Waals surface area contributed by atoms with Gasteiger partial charge in [0, 0.05) is 24.1 Å². The number of hydrogen-bond donors (Lipinski definition) is 0. The van der Waals surface area contributed by atoms with Gasteiger partial charge in [0.1, 0.15) is 0 Å². The molecule has 1 saturated heterocycles. The van der Waals surface area contributed by atoms with Crippen LogP contribution >= 0.6 is 26.7 Å². The summed E-state index contributed by atoms with van der Waals surface area (Å²) in [5.41, 5.74) is 6.45. The summed E-state index contributed by atoms with van der Waals surface area (Å²) in [5.74, 6) is 0. The Hall–Kier alpha value is -2.37. The van der Waals surface area contributed by atoms with Crippen LogP contribution in [0.3, 0.4) is 0 Å². The lowest BCUT2D eigenvalue weighted by molar-refractivity contribution is 1.02. The highest BCUT2D eigenvalue weighted by atomic mass is 35.7. The molecule has 172 valence electrons. The average molecular weight is 503 g/mol. The van der Waals surface area contributed by atoms with Gasteiger partial charge in [-0.1, -0.05) is 96.6 Å². The molecule has 1 fully saturated rings. The molecule has 2 nitrogen and oxygen atoms in total. The van der Waals surface area contributed by atoms with Crippen LogP contribution in [-0.2, 0) is 0 Å². The summed E-state index contributed by atoms with van der Waals surface area (Å²) in [4.78, 5) is 0. The second-order valence-electron chi connectivity index (χ2n) is 8.73. The third kappa shape index (κ3) is 4.48. The minimum atomic E-state index is -1.02. The Morgan fingerprint density at radius 1 is 0.676 bits per heavy atom. The molecule has 0 saturated carbocycles. The van der Waals surface area contributed by atoms with Crippen LogP contribution in [0.2, 0.25) is 0 Å². The predicted octanol–water partition coefficient (Wildman–Crippen LogP) is 7.16. The molecule has 1 unspecified atom stereocenters. The molecule has 4 aromatic carbocycles. The van der Waals surface area contributed by atoms with Crippen molar-refractivity contribution in [3.8, 4) is 0 Å². The highest BCUT2D eigenvalue weighted by molar-refractivity contribution is 7.87. The fraction of sp³-hybridized carbons (Fsp3) is 0.172. The van der Waals surface area contributed by atoms with E-state index in [1.165, 1.54) is 44.0 Å². The monoisotopic (exact) mass is 502 g/mol. The van der Waals surface area contributed by atoms with Gasteiger partial charge in [-0.25, -0.2) is 0 Å². The molecule has 0 amide bonds. The topological polar surface area (TPSA) is 6.48 Å². The zero-order chi connectivity index (χ0) is 23.7. The summed E-state index contributed by atoms with van der Waals surface area (Å²) in [7, 11) is -1.71. The first-order chi connectivity index (χ1) is 16.5. The molecule has 4 aromatic rings. The van der Waals surface area contributed by atoms with E-state index in [1.54, 1.807) is 0 Å². The number of rotatable bonds is 5. The number of nitrogens with zero attached hydrogens (tertiary/aromatic N) is 2. The minimum absolute atomic E-state index is 0.696. The fourth-order valence-corrected chi connectivity index (χ4v) is 9.98. The third-order valence-electron chi connectivity index (χ3n) is 6.25. The maximum Gasteiger partial charge on any atom is 0.197 e. The lowest BCUT2D eigenvalue weighted by atomic mass is 10.1. The molecule has 0 radical (unpaired) electrons. The quantitative estimate of drug-likeness (QED) is 0.267. The lowest BCUT2D eigenvalue weighted by Gasteiger charge is -2.31. The summed E-state index contributed by atoms with van der Waals surface area (Å²) in [6.07, 6.45) is 0. The van der Waals surface area contributed by atoms with Gasteiger partial charge in [-0.2, -0.15) is 0 Å². The van der Waals surface area contributed by atoms with E-state index in [4.69, 9.17) is 11.2 Å². The van der Waals surface area contributed by atoms with E-state index in [2.05, 4.69) is 127 Å². The second-order valence-corrected chi connectivity index (χ2v) is 13.3. The summed E-state index contributed by atoms with van der Waals surface area (Å²) >= 11 is 7.29. The van der Waals surface area contributed by atoms with E-state index in [9.17, 15) is 0 Å². The zero-order valence-corrected chi connectivity index (χ0v) is 22.4. The van der Waals surface area contributed by atoms with Crippen molar-refractivity contribution in [1.29, 1.82) is 0 Å². The Morgan fingerprint density at radius 3 is 1.76 bits per heavy atom. The summed E-state index contributed by atoms with van der Waals surface area (Å²) in [5, 5.41) is 4.08. The first-order valence-electron chi connectivity index (χ1n) is 11.6. The van der Waals surface area contributed by atoms with Crippen molar-refractivity contribution in [3.63, 3.8) is 0 Å². The van der Waals surface area contributed by atoms with Crippen molar-refractivity contribution < 1.29 is 0 Å². The van der Waals surface area contributed by atoms with Gasteiger partial charge in [0.25, 0.3) is 0 Å². The van der Waals surface area contributed by atoms with Crippen LogP contribution in [0, 0.1) is 20.8 Å². The summed E-state index contributed by atoms with van der Waals surface area (Å²) < 4.78 is 4.86. The van der Waals surface area contributed by atoms with E-state index in [0.29, 0.717) is 0 Å². The van der Waals surface area contributed by atoms with Gasteiger partial charge in [-0.3, -0.25) is 0 Å². The summed E-state index contributed by atoms with van der Waals surface area (Å²) in [6, 6.07) is 35.2. The molecule has 0 aliphatic carbocycles. The first-order valence-corrected chi connectivity index (χ1v) is 15.1. The van der Waals surface area contributed by atoms with Crippen LogP contribution in [-0.4, -0.2) is 13.1 Å². The average Bonchev–Trinajstić information content (AvgIpc) is 3.21. The Morgan fingerprint density at radius 2 is 1.18 bits per heavy atom. The van der Waals surface area contributed by atoms with Crippen molar-refractivity contribution in [2.45, 2.75) is 20.8 Å². The largest absolute Gasteiger partial charge is 0.319 e. The van der Waals surface area contributed by atoms with E-state index in [1.807, 2.05) is 0 Å². The normalized spacial score (nSPS) is 15.9. The Bertz CT molecular complexity index is 1220. The number of halogens is 1. The van der Waals surface area contributed by atoms with E-state index in [-0.39, 0.29) is 0 Å². The predicted molar refractivity (Wildman–Crippen MR) is 153 cm³/mol. The molecule has 34 heavy (non-hydrogen) atoms. The van der Waals surface area contributed by atoms with Crippen molar-refractivity contribution >= 4 is 54.0 Å².